The molecule has 0 amide bonds. The number of rotatable bonds is 8. The number of methoxy groups -OCH3 is 1. The van der Waals surface area contributed by atoms with Crippen LogP contribution in [0.25, 0.3) is 0 Å². The maximum atomic E-state index is 12.4. The van der Waals surface area contributed by atoms with Crippen molar-refractivity contribution >= 4 is 5.97 Å². The van der Waals surface area contributed by atoms with E-state index in [9.17, 15) is 4.79 Å². The van der Waals surface area contributed by atoms with Gasteiger partial charge >= 0.3 is 5.97 Å². The van der Waals surface area contributed by atoms with Crippen molar-refractivity contribution in [3.63, 3.8) is 0 Å². The molecule has 3 aromatic rings. The van der Waals surface area contributed by atoms with Gasteiger partial charge in [0, 0.05) is 12.5 Å². The fourth-order valence-electron chi connectivity index (χ4n) is 4.77. The Morgan fingerprint density at radius 3 is 2.44 bits per heavy atom. The number of carbonyl (C=O) groups is 1. The van der Waals surface area contributed by atoms with Crippen LogP contribution in [-0.4, -0.2) is 38.1 Å². The van der Waals surface area contributed by atoms with Crippen molar-refractivity contribution in [1.82, 2.24) is 4.90 Å². The highest BCUT2D eigenvalue weighted by Gasteiger charge is 2.32. The van der Waals surface area contributed by atoms with Crippen LogP contribution in [0, 0.1) is 5.92 Å². The van der Waals surface area contributed by atoms with Gasteiger partial charge in [0.05, 0.1) is 13.7 Å². The van der Waals surface area contributed by atoms with Crippen molar-refractivity contribution < 1.29 is 14.3 Å². The van der Waals surface area contributed by atoms with E-state index in [1.54, 1.807) is 7.11 Å². The quantitative estimate of drug-likeness (QED) is 0.469. The summed E-state index contributed by atoms with van der Waals surface area (Å²) in [5, 5.41) is 0. The first-order valence-corrected chi connectivity index (χ1v) is 11.2. The Balaban J connectivity index is 1.44. The average molecular weight is 430 g/mol. The molecule has 0 N–H and O–H groups in total. The van der Waals surface area contributed by atoms with E-state index in [4.69, 9.17) is 9.47 Å². The van der Waals surface area contributed by atoms with E-state index in [-0.39, 0.29) is 5.97 Å². The number of ether oxygens (including phenoxy) is 2. The SMILES string of the molecule is COc1ccc2c(c1)CC[C@H](CN(C)CC(=O)OCc1ccccc1)[C@@H]2c1ccccc1. The molecule has 166 valence electrons. The summed E-state index contributed by atoms with van der Waals surface area (Å²) >= 11 is 0. The molecule has 4 heteroatoms. The number of fused-ring (bicyclic) bond motifs is 1. The Kier molecular flexibility index (Phi) is 7.23. The molecule has 2 atom stereocenters. The summed E-state index contributed by atoms with van der Waals surface area (Å²) in [5.41, 5.74) is 5.06. The van der Waals surface area contributed by atoms with Gasteiger partial charge in [0.15, 0.2) is 0 Å². The monoisotopic (exact) mass is 429 g/mol. The van der Waals surface area contributed by atoms with Crippen LogP contribution in [0.5, 0.6) is 5.75 Å². The minimum Gasteiger partial charge on any atom is -0.497 e. The molecule has 32 heavy (non-hydrogen) atoms. The van der Waals surface area contributed by atoms with E-state index in [1.807, 2.05) is 37.4 Å². The number of likely N-dealkylation sites (N-methyl/N-ethyl adjacent to an activating group) is 1. The summed E-state index contributed by atoms with van der Waals surface area (Å²) in [5.74, 6) is 1.44. The topological polar surface area (TPSA) is 38.8 Å². The smallest absolute Gasteiger partial charge is 0.320 e. The number of benzene rings is 3. The van der Waals surface area contributed by atoms with Gasteiger partial charge in [-0.1, -0.05) is 66.7 Å². The molecule has 4 rings (SSSR count). The van der Waals surface area contributed by atoms with Crippen LogP contribution in [0.1, 0.15) is 34.6 Å². The molecule has 0 saturated carbocycles. The summed E-state index contributed by atoms with van der Waals surface area (Å²) in [7, 11) is 3.73. The zero-order chi connectivity index (χ0) is 22.3. The molecular formula is C28H31NO3. The van der Waals surface area contributed by atoms with Crippen LogP contribution in [-0.2, 0) is 22.6 Å². The second kappa shape index (κ2) is 10.5. The summed E-state index contributed by atoms with van der Waals surface area (Å²) < 4.78 is 10.9. The van der Waals surface area contributed by atoms with E-state index < -0.39 is 0 Å². The molecule has 0 radical (unpaired) electrons. The molecule has 3 aromatic carbocycles. The fourth-order valence-corrected chi connectivity index (χ4v) is 4.77. The van der Waals surface area contributed by atoms with Crippen LogP contribution in [0.4, 0.5) is 0 Å². The summed E-state index contributed by atoms with van der Waals surface area (Å²) in [6.07, 6.45) is 2.09. The van der Waals surface area contributed by atoms with Crippen LogP contribution in [0.15, 0.2) is 78.9 Å². The average Bonchev–Trinajstić information content (AvgIpc) is 2.83. The third-order valence-electron chi connectivity index (χ3n) is 6.29. The molecule has 0 aromatic heterocycles. The highest BCUT2D eigenvalue weighted by molar-refractivity contribution is 5.71. The molecule has 0 bridgehead atoms. The van der Waals surface area contributed by atoms with Crippen molar-refractivity contribution in [3.8, 4) is 5.75 Å². The molecule has 4 nitrogen and oxygen atoms in total. The first-order valence-electron chi connectivity index (χ1n) is 11.2. The number of aryl methyl sites for hydroxylation is 1. The summed E-state index contributed by atoms with van der Waals surface area (Å²) in [6.45, 7) is 1.45. The minimum absolute atomic E-state index is 0.187. The van der Waals surface area contributed by atoms with Crippen LogP contribution >= 0.6 is 0 Å². The van der Waals surface area contributed by atoms with E-state index in [1.165, 1.54) is 16.7 Å². The molecule has 1 aliphatic carbocycles. The molecule has 0 unspecified atom stereocenters. The largest absolute Gasteiger partial charge is 0.497 e. The van der Waals surface area contributed by atoms with Gasteiger partial charge in [-0.2, -0.15) is 0 Å². The minimum atomic E-state index is -0.187. The Bertz CT molecular complexity index is 1020. The van der Waals surface area contributed by atoms with E-state index >= 15 is 0 Å². The lowest BCUT2D eigenvalue weighted by atomic mass is 9.71. The molecule has 0 aliphatic heterocycles. The van der Waals surface area contributed by atoms with Crippen LogP contribution in [0.3, 0.4) is 0 Å². The summed E-state index contributed by atoms with van der Waals surface area (Å²) in [6, 6.07) is 26.9. The van der Waals surface area contributed by atoms with Gasteiger partial charge in [-0.15, -0.1) is 0 Å². The zero-order valence-corrected chi connectivity index (χ0v) is 18.9. The van der Waals surface area contributed by atoms with E-state index in [2.05, 4.69) is 53.4 Å². The lowest BCUT2D eigenvalue weighted by Crippen LogP contribution is -2.36. The predicted molar refractivity (Wildman–Crippen MR) is 127 cm³/mol. The second-order valence-electron chi connectivity index (χ2n) is 8.59. The van der Waals surface area contributed by atoms with Gasteiger partial charge in [-0.25, -0.2) is 0 Å². The number of hydrogen-bond acceptors (Lipinski definition) is 4. The summed E-state index contributed by atoms with van der Waals surface area (Å²) in [4.78, 5) is 14.5. The van der Waals surface area contributed by atoms with Crippen molar-refractivity contribution in [2.75, 3.05) is 27.2 Å². The van der Waals surface area contributed by atoms with Crippen molar-refractivity contribution in [2.24, 2.45) is 5.92 Å². The van der Waals surface area contributed by atoms with Crippen molar-refractivity contribution in [3.05, 3.63) is 101 Å². The maximum Gasteiger partial charge on any atom is 0.320 e. The molecule has 1 aliphatic rings. The first-order chi connectivity index (χ1) is 15.6. The molecule has 0 saturated heterocycles. The lowest BCUT2D eigenvalue weighted by molar-refractivity contribution is -0.146. The van der Waals surface area contributed by atoms with Gasteiger partial charge in [0.2, 0.25) is 0 Å². The number of hydrogen-bond donors (Lipinski definition) is 0. The maximum absolute atomic E-state index is 12.4. The van der Waals surface area contributed by atoms with Gasteiger partial charge < -0.3 is 9.47 Å². The molecule has 0 spiro atoms. The van der Waals surface area contributed by atoms with E-state index in [0.717, 1.165) is 30.7 Å². The Labute approximate surface area is 190 Å². The van der Waals surface area contributed by atoms with Gasteiger partial charge in [0.1, 0.15) is 12.4 Å². The van der Waals surface area contributed by atoms with Crippen molar-refractivity contribution in [2.45, 2.75) is 25.4 Å². The fraction of sp³-hybridized carbons (Fsp3) is 0.321. The molecule has 0 heterocycles. The van der Waals surface area contributed by atoms with Crippen LogP contribution < -0.4 is 4.74 Å². The number of esters is 1. The highest BCUT2D eigenvalue weighted by Crippen LogP contribution is 2.42. The third-order valence-corrected chi connectivity index (χ3v) is 6.29. The highest BCUT2D eigenvalue weighted by atomic mass is 16.5. The number of nitrogens with zero attached hydrogens (tertiary/aromatic N) is 1. The Morgan fingerprint density at radius 2 is 1.72 bits per heavy atom. The zero-order valence-electron chi connectivity index (χ0n) is 18.9. The molecular weight excluding hydrogens is 398 g/mol. The standard InChI is InChI=1S/C28H31NO3/c1-29(19-27(30)32-20-21-9-5-3-6-10-21)18-24-14-13-23-17-25(31-2)15-16-26(23)28(24)22-11-7-4-8-12-22/h3-12,15-17,24,28H,13-14,18-20H2,1-2H3/t24-,28+/m1/s1. The lowest BCUT2D eigenvalue weighted by Gasteiger charge is -2.36. The second-order valence-corrected chi connectivity index (χ2v) is 8.59. The Hall–Kier alpha value is -3.11. The predicted octanol–water partition coefficient (Wildman–Crippen LogP) is 5.06. The first kappa shape index (κ1) is 22.1. The third kappa shape index (κ3) is 5.38. The molecule has 0 fully saturated rings. The Morgan fingerprint density at radius 1 is 1.00 bits per heavy atom. The van der Waals surface area contributed by atoms with Gasteiger partial charge in [0.25, 0.3) is 0 Å². The van der Waals surface area contributed by atoms with Gasteiger partial charge in [-0.3, -0.25) is 9.69 Å². The van der Waals surface area contributed by atoms with Crippen LogP contribution in [0.2, 0.25) is 0 Å². The van der Waals surface area contributed by atoms with E-state index in [0.29, 0.717) is 25.0 Å². The number of carbonyl (C=O) groups excluding carboxylic acids is 1. The normalized spacial score (nSPS) is 17.6. The van der Waals surface area contributed by atoms with Crippen molar-refractivity contribution in [1.29, 1.82) is 0 Å². The van der Waals surface area contributed by atoms with Gasteiger partial charge in [-0.05, 0) is 60.2 Å².